The molecule has 0 amide bonds. The van der Waals surface area contributed by atoms with Crippen LogP contribution in [-0.4, -0.2) is 81.6 Å². The Morgan fingerprint density at radius 3 is 1.91 bits per heavy atom. The molecule has 2 aliphatic heterocycles. The van der Waals surface area contributed by atoms with Crippen LogP contribution in [0.15, 0.2) is 34.3 Å². The molecule has 0 aromatic heterocycles. The van der Waals surface area contributed by atoms with Crippen LogP contribution in [0.4, 0.5) is 11.4 Å². The van der Waals surface area contributed by atoms with E-state index in [4.69, 9.17) is 15.2 Å². The number of rotatable bonds is 9. The minimum Gasteiger partial charge on any atom is -0.490 e. The molecule has 0 atom stereocenters. The van der Waals surface area contributed by atoms with E-state index >= 15 is 0 Å². The van der Waals surface area contributed by atoms with Crippen LogP contribution < -0.4 is 15.2 Å². The molecule has 2 aliphatic rings. The Hall–Kier alpha value is -3.50. The third kappa shape index (κ3) is 6.75. The number of aliphatic imine (C=N–C) groups is 2. The first-order valence-corrected chi connectivity index (χ1v) is 11.0. The smallest absolute Gasteiger partial charge is 0.311 e. The van der Waals surface area contributed by atoms with Crippen molar-refractivity contribution in [1.29, 1.82) is 0 Å². The highest BCUT2D eigenvalue weighted by molar-refractivity contribution is 5.87. The number of nitro benzene ring substituents is 1. The summed E-state index contributed by atoms with van der Waals surface area (Å²) in [6.07, 6.45) is 3.52. The number of hydrogen-bond donors (Lipinski definition) is 1. The molecule has 2 aromatic carbocycles. The average Bonchev–Trinajstić information content (AvgIpc) is 3.41. The van der Waals surface area contributed by atoms with Crippen LogP contribution in [0.1, 0.15) is 22.3 Å². The van der Waals surface area contributed by atoms with Crippen molar-refractivity contribution in [3.05, 3.63) is 56.6 Å². The van der Waals surface area contributed by atoms with Gasteiger partial charge >= 0.3 is 5.69 Å². The zero-order valence-electron chi connectivity index (χ0n) is 20.2. The van der Waals surface area contributed by atoms with Gasteiger partial charge in [-0.2, -0.15) is 0 Å². The van der Waals surface area contributed by atoms with E-state index < -0.39 is 4.92 Å². The second kappa shape index (κ2) is 11.6. The fraction of sp³-hybridized carbons (Fsp3) is 0.417. The summed E-state index contributed by atoms with van der Waals surface area (Å²) in [5.41, 5.74) is 10.7. The van der Waals surface area contributed by atoms with Crippen molar-refractivity contribution in [2.45, 2.75) is 13.1 Å². The SMILES string of the molecule is CN(C)CCOc1cc2c(cc1N)C=NC2.CN(C)CCOc1cc2c(cc1[N+](=O)[O-])C=NC2. The fourth-order valence-corrected chi connectivity index (χ4v) is 3.34. The summed E-state index contributed by atoms with van der Waals surface area (Å²) in [6, 6.07) is 7.16. The van der Waals surface area contributed by atoms with Gasteiger partial charge in [-0.3, -0.25) is 20.1 Å². The van der Waals surface area contributed by atoms with Crippen LogP contribution in [0.2, 0.25) is 0 Å². The Bertz CT molecular complexity index is 1080. The predicted octanol–water partition coefficient (Wildman–Crippen LogP) is 2.61. The van der Waals surface area contributed by atoms with Gasteiger partial charge in [-0.15, -0.1) is 0 Å². The maximum absolute atomic E-state index is 11.0. The second-order valence-electron chi connectivity index (χ2n) is 8.61. The number of benzene rings is 2. The zero-order valence-corrected chi connectivity index (χ0v) is 20.2. The van der Waals surface area contributed by atoms with Crippen molar-refractivity contribution in [2.24, 2.45) is 9.98 Å². The number of nitrogens with two attached hydrogens (primary N) is 1. The Labute approximate surface area is 199 Å². The summed E-state index contributed by atoms with van der Waals surface area (Å²) < 4.78 is 11.1. The minimum absolute atomic E-state index is 0.000793. The first-order chi connectivity index (χ1) is 16.2. The molecule has 10 heteroatoms. The molecule has 0 saturated carbocycles. The lowest BCUT2D eigenvalue weighted by atomic mass is 10.1. The van der Waals surface area contributed by atoms with Gasteiger partial charge in [-0.1, -0.05) is 0 Å². The lowest BCUT2D eigenvalue weighted by molar-refractivity contribution is -0.385. The fourth-order valence-electron chi connectivity index (χ4n) is 3.34. The van der Waals surface area contributed by atoms with Gasteiger partial charge in [0.1, 0.15) is 19.0 Å². The highest BCUT2D eigenvalue weighted by Gasteiger charge is 2.20. The number of hydrogen-bond acceptors (Lipinski definition) is 9. The summed E-state index contributed by atoms with van der Waals surface area (Å²) in [5, 5.41) is 11.0. The molecule has 2 aromatic rings. The van der Waals surface area contributed by atoms with Gasteiger partial charge in [0, 0.05) is 37.1 Å². The maximum Gasteiger partial charge on any atom is 0.311 e. The van der Waals surface area contributed by atoms with Crippen LogP contribution in [-0.2, 0) is 13.1 Å². The molecule has 0 fully saturated rings. The number of nitro groups is 1. The van der Waals surface area contributed by atoms with Crippen molar-refractivity contribution in [3.8, 4) is 11.5 Å². The summed E-state index contributed by atoms with van der Waals surface area (Å²) in [4.78, 5) is 22.9. The molecular weight excluding hydrogens is 436 g/mol. The van der Waals surface area contributed by atoms with E-state index in [1.807, 2.05) is 51.4 Å². The quantitative estimate of drug-likeness (QED) is 0.341. The number of likely N-dealkylation sites (N-methyl/N-ethyl adjacent to an activating group) is 2. The molecule has 0 aliphatic carbocycles. The largest absolute Gasteiger partial charge is 0.490 e. The Balaban J connectivity index is 0.000000192. The van der Waals surface area contributed by atoms with Crippen molar-refractivity contribution in [1.82, 2.24) is 9.80 Å². The molecule has 10 nitrogen and oxygen atoms in total. The third-order valence-electron chi connectivity index (χ3n) is 5.27. The van der Waals surface area contributed by atoms with Crippen LogP contribution in [0.25, 0.3) is 0 Å². The molecule has 0 radical (unpaired) electrons. The molecule has 0 bridgehead atoms. The molecule has 0 spiro atoms. The van der Waals surface area contributed by atoms with Crippen molar-refractivity contribution in [3.63, 3.8) is 0 Å². The number of ether oxygens (including phenoxy) is 2. The highest BCUT2D eigenvalue weighted by Crippen LogP contribution is 2.32. The van der Waals surface area contributed by atoms with Crippen molar-refractivity contribution < 1.29 is 14.4 Å². The number of nitrogens with zero attached hydrogens (tertiary/aromatic N) is 5. The van der Waals surface area contributed by atoms with Crippen LogP contribution in [0.5, 0.6) is 11.5 Å². The van der Waals surface area contributed by atoms with E-state index in [1.165, 1.54) is 11.6 Å². The predicted molar refractivity (Wildman–Crippen MR) is 135 cm³/mol. The first-order valence-electron chi connectivity index (χ1n) is 11.0. The van der Waals surface area contributed by atoms with Gasteiger partial charge in [0.15, 0.2) is 5.75 Å². The molecule has 2 N–H and O–H groups in total. The molecule has 4 rings (SSSR count). The molecule has 0 unspecified atom stereocenters. The Morgan fingerprint density at radius 2 is 1.38 bits per heavy atom. The summed E-state index contributed by atoms with van der Waals surface area (Å²) in [7, 11) is 7.88. The van der Waals surface area contributed by atoms with E-state index in [-0.39, 0.29) is 5.69 Å². The van der Waals surface area contributed by atoms with Gasteiger partial charge < -0.3 is 25.0 Å². The number of fused-ring (bicyclic) bond motifs is 2. The van der Waals surface area contributed by atoms with E-state index in [2.05, 4.69) is 14.9 Å². The first kappa shape index (κ1) is 25.1. The van der Waals surface area contributed by atoms with Crippen LogP contribution >= 0.6 is 0 Å². The molecule has 182 valence electrons. The normalized spacial score (nSPS) is 13.0. The van der Waals surface area contributed by atoms with E-state index in [1.54, 1.807) is 12.3 Å². The Morgan fingerprint density at radius 1 is 0.882 bits per heavy atom. The molecular formula is C24H32N6O4. The standard InChI is InChI=1S/C12H15N3O3.C12H17N3O/c1-14(2)3-4-18-12-6-10-8-13-7-9(10)5-11(12)15(16)17;1-15(2)3-4-16-12-6-10-8-14-7-9(10)5-11(12)13/h5-7H,3-4,8H2,1-2H3;5-7H,3-4,8,13H2,1-2H3. The number of anilines is 1. The van der Waals surface area contributed by atoms with E-state index in [9.17, 15) is 10.1 Å². The topological polar surface area (TPSA) is 119 Å². The lowest BCUT2D eigenvalue weighted by Gasteiger charge is -2.13. The minimum atomic E-state index is -0.419. The van der Waals surface area contributed by atoms with Gasteiger partial charge in [-0.05, 0) is 63.1 Å². The molecule has 2 heterocycles. The summed E-state index contributed by atoms with van der Waals surface area (Å²) >= 11 is 0. The van der Waals surface area contributed by atoms with Crippen molar-refractivity contribution in [2.75, 3.05) is 60.2 Å². The molecule has 0 saturated heterocycles. The van der Waals surface area contributed by atoms with Crippen molar-refractivity contribution >= 4 is 23.8 Å². The van der Waals surface area contributed by atoms with Gasteiger partial charge in [0.05, 0.1) is 23.7 Å². The van der Waals surface area contributed by atoms with Gasteiger partial charge in [-0.25, -0.2) is 0 Å². The Kier molecular flexibility index (Phi) is 8.55. The summed E-state index contributed by atoms with van der Waals surface area (Å²) in [5.74, 6) is 1.09. The highest BCUT2D eigenvalue weighted by atomic mass is 16.6. The monoisotopic (exact) mass is 468 g/mol. The van der Waals surface area contributed by atoms with Gasteiger partial charge in [0.25, 0.3) is 0 Å². The van der Waals surface area contributed by atoms with E-state index in [0.717, 1.165) is 35.5 Å². The zero-order chi connectivity index (χ0) is 24.7. The van der Waals surface area contributed by atoms with Crippen LogP contribution in [0, 0.1) is 10.1 Å². The van der Waals surface area contributed by atoms with Gasteiger partial charge in [0.2, 0.25) is 0 Å². The maximum atomic E-state index is 11.0. The van der Waals surface area contributed by atoms with Crippen LogP contribution in [0.3, 0.4) is 0 Å². The summed E-state index contributed by atoms with van der Waals surface area (Å²) in [6.45, 7) is 3.97. The third-order valence-corrected chi connectivity index (χ3v) is 5.27. The average molecular weight is 469 g/mol. The number of nitrogen functional groups attached to an aromatic ring is 1. The molecule has 34 heavy (non-hydrogen) atoms. The lowest BCUT2D eigenvalue weighted by Crippen LogP contribution is -2.19. The second-order valence-corrected chi connectivity index (χ2v) is 8.61. The van der Waals surface area contributed by atoms with E-state index in [0.29, 0.717) is 37.7 Å².